The van der Waals surface area contributed by atoms with Gasteiger partial charge in [0, 0.05) is 14.1 Å². The summed E-state index contributed by atoms with van der Waals surface area (Å²) in [6.07, 6.45) is 0. The average Bonchev–Trinajstić information content (AvgIpc) is 2.97. The highest BCUT2D eigenvalue weighted by molar-refractivity contribution is 8.00. The smallest absolute Gasteiger partial charge is 0.332 e. The van der Waals surface area contributed by atoms with E-state index in [-0.39, 0.29) is 11.2 Å². The lowest BCUT2D eigenvalue weighted by Gasteiger charge is -2.11. The van der Waals surface area contributed by atoms with Crippen molar-refractivity contribution in [3.05, 3.63) is 56.7 Å². The normalized spacial score (nSPS) is 12.4. The highest BCUT2D eigenvalue weighted by Crippen LogP contribution is 2.26. The predicted molar refractivity (Wildman–Crippen MR) is 98.7 cm³/mol. The quantitative estimate of drug-likeness (QED) is 0.670. The van der Waals surface area contributed by atoms with Gasteiger partial charge in [-0.25, -0.2) is 9.78 Å². The fourth-order valence-corrected chi connectivity index (χ4v) is 3.48. The van der Waals surface area contributed by atoms with E-state index < -0.39 is 22.5 Å². The lowest BCUT2D eigenvalue weighted by molar-refractivity contribution is -0.136. The molecular weight excluding hydrogens is 356 g/mol. The second kappa shape index (κ2) is 6.83. The van der Waals surface area contributed by atoms with Gasteiger partial charge in [-0.2, -0.15) is 0 Å². The van der Waals surface area contributed by atoms with Crippen LogP contribution in [-0.4, -0.2) is 35.0 Å². The molecule has 1 aromatic carbocycles. The van der Waals surface area contributed by atoms with E-state index in [9.17, 15) is 19.5 Å². The minimum atomic E-state index is -0.977. The van der Waals surface area contributed by atoms with Crippen molar-refractivity contribution in [1.29, 1.82) is 0 Å². The van der Waals surface area contributed by atoms with Crippen LogP contribution in [0.5, 0.6) is 0 Å². The number of hydrogen-bond acceptors (Lipinski definition) is 5. The van der Waals surface area contributed by atoms with Gasteiger partial charge < -0.3 is 9.67 Å². The minimum Gasteiger partial charge on any atom is -0.480 e. The molecule has 136 valence electrons. The number of carboxylic acids is 1. The lowest BCUT2D eigenvalue weighted by Crippen LogP contribution is -2.37. The van der Waals surface area contributed by atoms with Gasteiger partial charge in [0.15, 0.2) is 16.3 Å². The van der Waals surface area contributed by atoms with E-state index in [2.05, 4.69) is 4.98 Å². The molecule has 0 aliphatic heterocycles. The number of carbonyl (C=O) groups is 1. The molecule has 0 saturated heterocycles. The average molecular weight is 374 g/mol. The van der Waals surface area contributed by atoms with Crippen molar-refractivity contribution in [2.45, 2.75) is 23.9 Å². The molecule has 2 aromatic heterocycles. The van der Waals surface area contributed by atoms with Crippen molar-refractivity contribution in [2.24, 2.45) is 14.1 Å². The Morgan fingerprint density at radius 1 is 1.19 bits per heavy atom. The van der Waals surface area contributed by atoms with Crippen molar-refractivity contribution in [3.63, 3.8) is 0 Å². The molecule has 1 atom stereocenters. The van der Waals surface area contributed by atoms with Gasteiger partial charge in [-0.15, -0.1) is 0 Å². The number of thioether (sulfide) groups is 1. The molecule has 0 spiro atoms. The number of fused-ring (bicyclic) bond motifs is 1. The summed E-state index contributed by atoms with van der Waals surface area (Å²) < 4.78 is 4.00. The molecule has 0 saturated carbocycles. The summed E-state index contributed by atoms with van der Waals surface area (Å²) in [6.45, 7) is 1.90. The molecule has 0 aliphatic carbocycles. The Morgan fingerprint density at radius 3 is 2.46 bits per heavy atom. The Labute approximate surface area is 152 Å². The summed E-state index contributed by atoms with van der Waals surface area (Å²) in [5, 5.41) is 8.86. The van der Waals surface area contributed by atoms with Crippen LogP contribution in [0.15, 0.2) is 45.1 Å². The molecule has 0 amide bonds. The largest absolute Gasteiger partial charge is 0.480 e. The van der Waals surface area contributed by atoms with Crippen LogP contribution in [-0.2, 0) is 25.4 Å². The predicted octanol–water partition coefficient (Wildman–Crippen LogP) is 1.05. The number of rotatable bonds is 5. The first kappa shape index (κ1) is 18.0. The van der Waals surface area contributed by atoms with E-state index in [1.54, 1.807) is 18.5 Å². The molecule has 9 heteroatoms. The highest BCUT2D eigenvalue weighted by Gasteiger charge is 2.23. The van der Waals surface area contributed by atoms with Crippen molar-refractivity contribution in [3.8, 4) is 0 Å². The minimum absolute atomic E-state index is 0.245. The molecule has 0 radical (unpaired) electrons. The summed E-state index contributed by atoms with van der Waals surface area (Å²) in [6, 6.07) is 9.48. The van der Waals surface area contributed by atoms with Gasteiger partial charge in [0.05, 0.1) is 6.54 Å². The third-order valence-corrected chi connectivity index (χ3v) is 5.20. The van der Waals surface area contributed by atoms with E-state index >= 15 is 0 Å². The number of aliphatic carboxylic acids is 1. The SMILES string of the molecule is C[C@@H](Sc1nc2c(c(=O)n(C)c(=O)n2C)n1Cc1ccccc1)C(=O)O. The zero-order valence-corrected chi connectivity index (χ0v) is 15.4. The van der Waals surface area contributed by atoms with Crippen LogP contribution in [0.1, 0.15) is 12.5 Å². The highest BCUT2D eigenvalue weighted by atomic mass is 32.2. The van der Waals surface area contributed by atoms with Crippen LogP contribution in [0.25, 0.3) is 11.2 Å². The molecular formula is C17H18N4O4S. The first-order chi connectivity index (χ1) is 12.3. The second-order valence-corrected chi connectivity index (χ2v) is 7.25. The molecule has 0 aliphatic rings. The Kier molecular flexibility index (Phi) is 4.73. The lowest BCUT2D eigenvalue weighted by atomic mass is 10.2. The molecule has 0 fully saturated rings. The summed E-state index contributed by atoms with van der Waals surface area (Å²) >= 11 is 1.04. The standard InChI is InChI=1S/C17H18N4O4S/c1-10(15(23)24)26-16-18-13-12(14(22)20(3)17(25)19(13)2)21(16)9-11-7-5-4-6-8-11/h4-8,10H,9H2,1-3H3,(H,23,24)/t10-/m1/s1. The van der Waals surface area contributed by atoms with Crippen LogP contribution in [0.4, 0.5) is 0 Å². The van der Waals surface area contributed by atoms with Crippen molar-refractivity contribution in [2.75, 3.05) is 0 Å². The maximum atomic E-state index is 12.7. The van der Waals surface area contributed by atoms with Crippen molar-refractivity contribution in [1.82, 2.24) is 18.7 Å². The number of hydrogen-bond donors (Lipinski definition) is 1. The molecule has 8 nitrogen and oxygen atoms in total. The van der Waals surface area contributed by atoms with Gasteiger partial charge in [0.2, 0.25) is 0 Å². The van der Waals surface area contributed by atoms with Crippen LogP contribution in [0.3, 0.4) is 0 Å². The zero-order valence-electron chi connectivity index (χ0n) is 14.5. The molecule has 1 N–H and O–H groups in total. The Morgan fingerprint density at radius 2 is 1.85 bits per heavy atom. The van der Waals surface area contributed by atoms with Gasteiger partial charge in [0.1, 0.15) is 5.25 Å². The van der Waals surface area contributed by atoms with E-state index in [4.69, 9.17) is 0 Å². The van der Waals surface area contributed by atoms with E-state index in [1.807, 2.05) is 30.3 Å². The van der Waals surface area contributed by atoms with Gasteiger partial charge >= 0.3 is 11.7 Å². The Bertz CT molecular complexity index is 1100. The molecule has 0 unspecified atom stereocenters. The van der Waals surface area contributed by atoms with Gasteiger partial charge in [-0.1, -0.05) is 42.1 Å². The van der Waals surface area contributed by atoms with Gasteiger partial charge in [-0.05, 0) is 12.5 Å². The van der Waals surface area contributed by atoms with E-state index in [0.717, 1.165) is 21.9 Å². The first-order valence-electron chi connectivity index (χ1n) is 7.91. The van der Waals surface area contributed by atoms with Crippen LogP contribution in [0, 0.1) is 0 Å². The molecule has 3 aromatic rings. The zero-order chi connectivity index (χ0) is 19.0. The van der Waals surface area contributed by atoms with Crippen molar-refractivity contribution < 1.29 is 9.90 Å². The topological polar surface area (TPSA) is 99.1 Å². The number of imidazole rings is 1. The van der Waals surface area contributed by atoms with Crippen LogP contribution >= 0.6 is 11.8 Å². The number of benzene rings is 1. The number of carboxylic acid groups (broad SMARTS) is 1. The second-order valence-electron chi connectivity index (χ2n) is 5.94. The monoisotopic (exact) mass is 374 g/mol. The number of aromatic nitrogens is 4. The van der Waals surface area contributed by atoms with Crippen LogP contribution < -0.4 is 11.2 Å². The number of aryl methyl sites for hydroxylation is 1. The summed E-state index contributed by atoms with van der Waals surface area (Å²) in [5.41, 5.74) is 0.524. The van der Waals surface area contributed by atoms with Gasteiger partial charge in [-0.3, -0.25) is 18.7 Å². The maximum absolute atomic E-state index is 12.7. The van der Waals surface area contributed by atoms with Crippen molar-refractivity contribution >= 4 is 28.9 Å². The fourth-order valence-electron chi connectivity index (χ4n) is 2.64. The summed E-state index contributed by atoms with van der Waals surface area (Å²) in [4.78, 5) is 40.6. The number of nitrogens with zero attached hydrogens (tertiary/aromatic N) is 4. The summed E-state index contributed by atoms with van der Waals surface area (Å²) in [7, 11) is 2.95. The molecule has 0 bridgehead atoms. The first-order valence-corrected chi connectivity index (χ1v) is 8.79. The van der Waals surface area contributed by atoms with Crippen LogP contribution in [0.2, 0.25) is 0 Å². The van der Waals surface area contributed by atoms with Gasteiger partial charge in [0.25, 0.3) is 5.56 Å². The van der Waals surface area contributed by atoms with E-state index in [0.29, 0.717) is 11.7 Å². The Hall–Kier alpha value is -2.81. The third kappa shape index (κ3) is 3.05. The fraction of sp³-hybridized carbons (Fsp3) is 0.294. The maximum Gasteiger partial charge on any atom is 0.332 e. The summed E-state index contributed by atoms with van der Waals surface area (Å²) in [5.74, 6) is -0.977. The third-order valence-electron chi connectivity index (χ3n) is 4.13. The molecule has 3 rings (SSSR count). The molecule has 2 heterocycles. The van der Waals surface area contributed by atoms with E-state index in [1.165, 1.54) is 11.6 Å². The molecule has 26 heavy (non-hydrogen) atoms. The Balaban J connectivity index is 2.28.